The smallest absolute Gasteiger partial charge is 0.206 e. The average Bonchev–Trinajstić information content (AvgIpc) is 2.66. The Hall–Kier alpha value is -0.580. The Balaban J connectivity index is 1.45. The van der Waals surface area contributed by atoms with Crippen molar-refractivity contribution in [3.05, 3.63) is 34.9 Å². The van der Waals surface area contributed by atoms with Crippen molar-refractivity contribution >= 4 is 15.9 Å². The van der Waals surface area contributed by atoms with Gasteiger partial charge in [-0.05, 0) is 95.8 Å². The van der Waals surface area contributed by atoms with E-state index in [1.807, 2.05) is 0 Å². The summed E-state index contributed by atoms with van der Waals surface area (Å²) in [6, 6.07) is 2.13. The zero-order valence-electron chi connectivity index (χ0n) is 17.3. The topological polar surface area (TPSA) is 0 Å². The van der Waals surface area contributed by atoms with E-state index >= 15 is 0 Å². The third-order valence-electron chi connectivity index (χ3n) is 7.37. The molecule has 0 aliphatic heterocycles. The molecule has 3 rings (SSSR count). The summed E-state index contributed by atoms with van der Waals surface area (Å²) in [5.74, 6) is 0.916. The molecule has 1 aromatic carbocycles. The van der Waals surface area contributed by atoms with Gasteiger partial charge in [-0.15, -0.1) is 0 Å². The molecule has 29 heavy (non-hydrogen) atoms. The molecule has 0 bridgehead atoms. The van der Waals surface area contributed by atoms with Gasteiger partial charge in [-0.1, -0.05) is 45.4 Å². The molecule has 0 amide bonds. The van der Waals surface area contributed by atoms with Gasteiger partial charge in [0.2, 0.25) is 0 Å². The molecule has 5 heteroatoms. The first-order valence-corrected chi connectivity index (χ1v) is 12.1. The minimum atomic E-state index is -3.69. The fraction of sp³-hybridized carbons (Fsp3) is 0.750. The monoisotopic (exact) mass is 476 g/mol. The lowest BCUT2D eigenvalue weighted by Gasteiger charge is -2.38. The number of halogens is 5. The highest BCUT2D eigenvalue weighted by Crippen LogP contribution is 2.43. The summed E-state index contributed by atoms with van der Waals surface area (Å²) < 4.78 is 54.5. The van der Waals surface area contributed by atoms with Crippen LogP contribution in [-0.4, -0.2) is 0 Å². The van der Waals surface area contributed by atoms with Crippen LogP contribution in [0, 0.1) is 35.3 Å². The van der Waals surface area contributed by atoms with Crippen molar-refractivity contribution in [3.8, 4) is 0 Å². The number of benzene rings is 1. The number of aryl methyl sites for hydroxylation is 1. The van der Waals surface area contributed by atoms with E-state index in [9.17, 15) is 17.6 Å². The third-order valence-corrected chi connectivity index (χ3v) is 7.77. The minimum Gasteiger partial charge on any atom is -0.206 e. The van der Waals surface area contributed by atoms with Gasteiger partial charge >= 0.3 is 4.83 Å². The van der Waals surface area contributed by atoms with E-state index in [-0.39, 0.29) is 0 Å². The van der Waals surface area contributed by atoms with E-state index in [1.165, 1.54) is 64.2 Å². The lowest BCUT2D eigenvalue weighted by atomic mass is 9.68. The maximum atomic E-state index is 14.0. The van der Waals surface area contributed by atoms with Crippen molar-refractivity contribution in [2.75, 3.05) is 0 Å². The quantitative estimate of drug-likeness (QED) is 0.272. The van der Waals surface area contributed by atoms with Crippen LogP contribution in [0.3, 0.4) is 0 Å². The normalized spacial score (nSPS) is 28.5. The molecular weight excluding hydrogens is 444 g/mol. The lowest BCUT2D eigenvalue weighted by Crippen LogP contribution is -2.26. The van der Waals surface area contributed by atoms with E-state index in [4.69, 9.17) is 0 Å². The van der Waals surface area contributed by atoms with Gasteiger partial charge in [-0.25, -0.2) is 8.78 Å². The number of alkyl halides is 3. The molecule has 2 fully saturated rings. The molecule has 0 spiro atoms. The summed E-state index contributed by atoms with van der Waals surface area (Å²) in [4.78, 5) is -3.69. The average molecular weight is 477 g/mol. The SMILES string of the molecule is CCCC1CCC(C2CCC(CCc3cc(F)c(C(F)(F)Br)c(F)c3)CC2)CC1. The summed E-state index contributed by atoms with van der Waals surface area (Å²) in [5.41, 5.74) is -0.729. The molecule has 2 aliphatic rings. The molecule has 0 N–H and O–H groups in total. The van der Waals surface area contributed by atoms with Gasteiger partial charge in [-0.3, -0.25) is 0 Å². The Kier molecular flexibility index (Phi) is 8.08. The van der Waals surface area contributed by atoms with Gasteiger partial charge in [0, 0.05) is 0 Å². The van der Waals surface area contributed by atoms with Gasteiger partial charge in [-0.2, -0.15) is 8.78 Å². The van der Waals surface area contributed by atoms with E-state index in [2.05, 4.69) is 22.9 Å². The van der Waals surface area contributed by atoms with Gasteiger partial charge in [0.05, 0.1) is 0 Å². The van der Waals surface area contributed by atoms with E-state index in [0.29, 0.717) is 17.9 Å². The molecule has 0 saturated heterocycles. The van der Waals surface area contributed by atoms with Crippen molar-refractivity contribution in [1.29, 1.82) is 0 Å². The van der Waals surface area contributed by atoms with Gasteiger partial charge in [0.15, 0.2) is 0 Å². The fourth-order valence-electron chi connectivity index (χ4n) is 5.72. The maximum Gasteiger partial charge on any atom is 0.332 e. The summed E-state index contributed by atoms with van der Waals surface area (Å²) >= 11 is 2.05. The molecule has 0 atom stereocenters. The number of hydrogen-bond acceptors (Lipinski definition) is 0. The van der Waals surface area contributed by atoms with Crippen LogP contribution < -0.4 is 0 Å². The largest absolute Gasteiger partial charge is 0.332 e. The van der Waals surface area contributed by atoms with Crippen LogP contribution >= 0.6 is 15.9 Å². The third kappa shape index (κ3) is 6.21. The van der Waals surface area contributed by atoms with E-state index in [1.54, 1.807) is 0 Å². The van der Waals surface area contributed by atoms with Crippen molar-refractivity contribution in [2.24, 2.45) is 23.7 Å². The molecule has 0 nitrogen and oxygen atoms in total. The second kappa shape index (κ2) is 10.2. The first-order valence-electron chi connectivity index (χ1n) is 11.3. The summed E-state index contributed by atoms with van der Waals surface area (Å²) in [6.07, 6.45) is 14.6. The zero-order valence-corrected chi connectivity index (χ0v) is 18.9. The van der Waals surface area contributed by atoms with Crippen LogP contribution in [0.1, 0.15) is 88.7 Å². The van der Waals surface area contributed by atoms with Gasteiger partial charge in [0.1, 0.15) is 17.2 Å². The second-order valence-electron chi connectivity index (χ2n) is 9.32. The fourth-order valence-corrected chi connectivity index (χ4v) is 6.10. The Morgan fingerprint density at radius 2 is 1.28 bits per heavy atom. The number of hydrogen-bond donors (Lipinski definition) is 0. The van der Waals surface area contributed by atoms with E-state index < -0.39 is 22.0 Å². The molecule has 1 aromatic rings. The van der Waals surface area contributed by atoms with Crippen molar-refractivity contribution < 1.29 is 17.6 Å². The van der Waals surface area contributed by atoms with Crippen LogP contribution in [0.25, 0.3) is 0 Å². The molecule has 0 radical (unpaired) electrons. The van der Waals surface area contributed by atoms with Crippen molar-refractivity contribution in [2.45, 2.75) is 88.8 Å². The Labute approximate surface area is 181 Å². The molecule has 0 heterocycles. The maximum absolute atomic E-state index is 14.0. The highest BCUT2D eigenvalue weighted by molar-refractivity contribution is 9.09. The highest BCUT2D eigenvalue weighted by atomic mass is 79.9. The van der Waals surface area contributed by atoms with Crippen LogP contribution in [0.15, 0.2) is 12.1 Å². The standard InChI is InChI=1S/C24H33BrF4/c1-2-3-16-6-10-19(11-7-16)20-12-8-17(9-13-20)4-5-18-14-21(26)23(22(27)15-18)24(25,28)29/h14-17,19-20H,2-13H2,1H3. The van der Waals surface area contributed by atoms with Crippen LogP contribution in [-0.2, 0) is 11.3 Å². The first kappa shape index (κ1) is 23.1. The van der Waals surface area contributed by atoms with Crippen LogP contribution in [0.2, 0.25) is 0 Å². The molecule has 2 saturated carbocycles. The van der Waals surface area contributed by atoms with Crippen LogP contribution in [0.5, 0.6) is 0 Å². The summed E-state index contributed by atoms with van der Waals surface area (Å²) in [6.45, 7) is 2.28. The van der Waals surface area contributed by atoms with Crippen LogP contribution in [0.4, 0.5) is 17.6 Å². The van der Waals surface area contributed by atoms with Crippen molar-refractivity contribution in [1.82, 2.24) is 0 Å². The Bertz CT molecular complexity index is 630. The molecule has 0 aromatic heterocycles. The molecule has 2 aliphatic carbocycles. The predicted molar refractivity (Wildman–Crippen MR) is 113 cm³/mol. The van der Waals surface area contributed by atoms with Gasteiger partial charge < -0.3 is 0 Å². The highest BCUT2D eigenvalue weighted by Gasteiger charge is 2.35. The Morgan fingerprint density at radius 3 is 1.69 bits per heavy atom. The number of rotatable bonds is 7. The summed E-state index contributed by atoms with van der Waals surface area (Å²) in [5, 5.41) is 0. The molecule has 164 valence electrons. The second-order valence-corrected chi connectivity index (χ2v) is 10.3. The molecule has 0 unspecified atom stereocenters. The summed E-state index contributed by atoms with van der Waals surface area (Å²) in [7, 11) is 0. The van der Waals surface area contributed by atoms with Crippen molar-refractivity contribution in [3.63, 3.8) is 0 Å². The first-order chi connectivity index (χ1) is 13.8. The zero-order chi connectivity index (χ0) is 21.0. The lowest BCUT2D eigenvalue weighted by molar-refractivity contribution is 0.105. The Morgan fingerprint density at radius 1 is 0.828 bits per heavy atom. The molecular formula is C24H33BrF4. The van der Waals surface area contributed by atoms with E-state index in [0.717, 1.165) is 36.3 Å². The predicted octanol–water partition coefficient (Wildman–Crippen LogP) is 8.75. The minimum absolute atomic E-state index is 0.469. The van der Waals surface area contributed by atoms with Gasteiger partial charge in [0.25, 0.3) is 0 Å².